The van der Waals surface area contributed by atoms with Crippen LogP contribution in [0.15, 0.2) is 28.4 Å². The fraction of sp³-hybridized carbons (Fsp3) is 0.316. The fourth-order valence-corrected chi connectivity index (χ4v) is 4.08. The fourth-order valence-electron chi connectivity index (χ4n) is 4.08. The third-order valence-electron chi connectivity index (χ3n) is 5.25. The molecule has 3 aliphatic rings. The van der Waals surface area contributed by atoms with Crippen molar-refractivity contribution in [3.05, 3.63) is 34.2 Å². The quantitative estimate of drug-likeness (QED) is 0.854. The van der Waals surface area contributed by atoms with Crippen LogP contribution in [0.5, 0.6) is 0 Å². The van der Waals surface area contributed by atoms with E-state index in [1.807, 2.05) is 24.3 Å². The maximum absolute atomic E-state index is 12.3. The van der Waals surface area contributed by atoms with Crippen LogP contribution in [-0.4, -0.2) is 11.1 Å². The Bertz CT molecular complexity index is 933. The second-order valence-corrected chi connectivity index (χ2v) is 6.33. The van der Waals surface area contributed by atoms with Crippen LogP contribution >= 0.6 is 0 Å². The molecule has 0 spiro atoms. The first-order valence-electron chi connectivity index (χ1n) is 7.84. The number of fused-ring (bicyclic) bond motifs is 2. The van der Waals surface area contributed by atoms with Crippen LogP contribution in [0.25, 0.3) is 17.8 Å². The Kier molecular flexibility index (Phi) is 2.99. The number of carbonyl (C=O) groups is 1. The zero-order chi connectivity index (χ0) is 16.0. The Morgan fingerprint density at radius 3 is 2.96 bits per heavy atom. The first-order valence-corrected chi connectivity index (χ1v) is 7.84. The minimum Gasteiger partial charge on any atom is -0.481 e. The van der Waals surface area contributed by atoms with Gasteiger partial charge in [-0.25, -0.2) is 0 Å². The van der Waals surface area contributed by atoms with Crippen molar-refractivity contribution in [1.29, 1.82) is 0 Å². The number of terminal acetylenes is 1. The molecule has 4 heteroatoms. The van der Waals surface area contributed by atoms with E-state index >= 15 is 0 Å². The lowest BCUT2D eigenvalue weighted by atomic mass is 9.61. The highest BCUT2D eigenvalue weighted by Gasteiger charge is 2.50. The summed E-state index contributed by atoms with van der Waals surface area (Å²) in [6.07, 6.45) is 14.5. The van der Waals surface area contributed by atoms with Gasteiger partial charge in [-0.05, 0) is 41.3 Å². The predicted molar refractivity (Wildman–Crippen MR) is 88.0 cm³/mol. The number of azo groups is 1. The second-order valence-electron chi connectivity index (χ2n) is 6.33. The van der Waals surface area contributed by atoms with Crippen molar-refractivity contribution in [2.24, 2.45) is 21.6 Å². The van der Waals surface area contributed by atoms with Gasteiger partial charge in [-0.1, -0.05) is 25.0 Å². The van der Waals surface area contributed by atoms with Crippen molar-refractivity contribution >= 4 is 29.5 Å². The topological polar surface area (TPSA) is 62.0 Å². The van der Waals surface area contributed by atoms with Gasteiger partial charge in [0.05, 0.1) is 11.9 Å². The Hall–Kier alpha value is -2.67. The van der Waals surface area contributed by atoms with Gasteiger partial charge in [0, 0.05) is 11.1 Å². The molecule has 4 rings (SSSR count). The molecule has 0 radical (unpaired) electrons. The van der Waals surface area contributed by atoms with E-state index in [2.05, 4.69) is 16.1 Å². The van der Waals surface area contributed by atoms with Crippen LogP contribution in [-0.2, 0) is 4.79 Å². The summed E-state index contributed by atoms with van der Waals surface area (Å²) in [6, 6.07) is 3.96. The molecule has 0 aromatic heterocycles. The maximum atomic E-state index is 12.3. The minimum atomic E-state index is -0.990. The molecule has 1 aromatic rings. The molecular formula is C19H16N2O2. The van der Waals surface area contributed by atoms with Gasteiger partial charge in [0.15, 0.2) is 0 Å². The van der Waals surface area contributed by atoms with Crippen molar-refractivity contribution in [3.63, 3.8) is 0 Å². The van der Waals surface area contributed by atoms with E-state index in [1.165, 1.54) is 0 Å². The Morgan fingerprint density at radius 2 is 2.17 bits per heavy atom. The van der Waals surface area contributed by atoms with Crippen LogP contribution in [0.2, 0.25) is 0 Å². The van der Waals surface area contributed by atoms with Crippen molar-refractivity contribution < 1.29 is 9.90 Å². The molecule has 2 unspecified atom stereocenters. The largest absolute Gasteiger partial charge is 0.481 e. The molecular weight excluding hydrogens is 288 g/mol. The highest BCUT2D eigenvalue weighted by molar-refractivity contribution is 5.97. The Labute approximate surface area is 133 Å². The maximum Gasteiger partial charge on any atom is 0.315 e. The first kappa shape index (κ1) is 14.0. The molecule has 114 valence electrons. The number of carboxylic acids is 1. The molecule has 1 saturated carbocycles. The van der Waals surface area contributed by atoms with Crippen LogP contribution in [0.3, 0.4) is 0 Å². The number of nitrogens with zero attached hydrogens (tertiary/aromatic N) is 2. The summed E-state index contributed by atoms with van der Waals surface area (Å²) in [4.78, 5) is 12.3. The lowest BCUT2D eigenvalue weighted by Crippen LogP contribution is -2.42. The second kappa shape index (κ2) is 4.92. The molecule has 2 aliphatic carbocycles. The summed E-state index contributed by atoms with van der Waals surface area (Å²) in [6.45, 7) is 0. The van der Waals surface area contributed by atoms with Crippen molar-refractivity contribution in [1.82, 2.24) is 0 Å². The van der Waals surface area contributed by atoms with Crippen LogP contribution < -0.4 is 10.4 Å². The molecule has 1 aliphatic heterocycles. The summed E-state index contributed by atoms with van der Waals surface area (Å²) in [5.41, 5.74) is 1.63. The zero-order valence-electron chi connectivity index (χ0n) is 12.6. The third-order valence-corrected chi connectivity index (χ3v) is 5.25. The summed E-state index contributed by atoms with van der Waals surface area (Å²) in [5, 5.41) is 20.0. The van der Waals surface area contributed by atoms with E-state index < -0.39 is 11.4 Å². The molecule has 2 atom stereocenters. The van der Waals surface area contributed by atoms with Crippen LogP contribution in [0, 0.1) is 23.7 Å². The molecule has 1 aromatic carbocycles. The van der Waals surface area contributed by atoms with E-state index in [1.54, 1.807) is 6.20 Å². The van der Waals surface area contributed by atoms with E-state index in [4.69, 9.17) is 6.42 Å². The minimum absolute atomic E-state index is 0.272. The van der Waals surface area contributed by atoms with Gasteiger partial charge in [-0.2, -0.15) is 10.2 Å². The summed E-state index contributed by atoms with van der Waals surface area (Å²) in [5.74, 6) is 1.67. The van der Waals surface area contributed by atoms with Crippen molar-refractivity contribution in [2.45, 2.75) is 25.7 Å². The molecule has 1 N–H and O–H groups in total. The number of rotatable bonds is 2. The molecule has 1 fully saturated rings. The number of allylic oxidation sites excluding steroid dienone is 1. The van der Waals surface area contributed by atoms with Gasteiger partial charge in [0.25, 0.3) is 0 Å². The van der Waals surface area contributed by atoms with Gasteiger partial charge in [-0.15, -0.1) is 12.3 Å². The van der Waals surface area contributed by atoms with Gasteiger partial charge in [0.1, 0.15) is 5.41 Å². The predicted octanol–water partition coefficient (Wildman–Crippen LogP) is 2.59. The van der Waals surface area contributed by atoms with Crippen LogP contribution in [0.4, 0.5) is 5.69 Å². The first-order chi connectivity index (χ1) is 11.2. The standard InChI is InChI=1S/C19H16N2O2/c1-2-14-5-3-4-8-19(14,18(22)23)16-7-6-12-10-17-13(9-15(12)16)11-20-21-17/h1,6-7,9-11,14H,3-5,8H2,(H,22,23). The summed E-state index contributed by atoms with van der Waals surface area (Å²) < 4.78 is 0. The van der Waals surface area contributed by atoms with E-state index in [9.17, 15) is 9.90 Å². The molecule has 23 heavy (non-hydrogen) atoms. The number of carboxylic acid groups (broad SMARTS) is 1. The van der Waals surface area contributed by atoms with Crippen LogP contribution in [0.1, 0.15) is 31.2 Å². The summed E-state index contributed by atoms with van der Waals surface area (Å²) in [7, 11) is 0. The van der Waals surface area contributed by atoms with Gasteiger partial charge in [-0.3, -0.25) is 4.79 Å². The number of hydrogen-bond donors (Lipinski definition) is 1. The van der Waals surface area contributed by atoms with E-state index in [0.717, 1.165) is 46.5 Å². The lowest BCUT2D eigenvalue weighted by molar-refractivity contribution is -0.148. The lowest BCUT2D eigenvalue weighted by Gasteiger charge is -2.39. The highest BCUT2D eigenvalue weighted by Crippen LogP contribution is 2.50. The zero-order valence-corrected chi connectivity index (χ0v) is 12.6. The summed E-state index contributed by atoms with van der Waals surface area (Å²) >= 11 is 0. The monoisotopic (exact) mass is 304 g/mol. The molecule has 0 amide bonds. The van der Waals surface area contributed by atoms with Crippen molar-refractivity contribution in [2.75, 3.05) is 0 Å². The SMILES string of the molecule is C#CC1CCCCC1(C(=O)O)C1=CC=c2cc3c(cc21)=CN=N3. The smallest absolute Gasteiger partial charge is 0.315 e. The number of hydrogen-bond acceptors (Lipinski definition) is 3. The van der Waals surface area contributed by atoms with Gasteiger partial charge in [0.2, 0.25) is 0 Å². The normalized spacial score (nSPS) is 27.3. The third kappa shape index (κ3) is 1.83. The molecule has 0 saturated heterocycles. The number of aliphatic carboxylic acids is 1. The van der Waals surface area contributed by atoms with Gasteiger partial charge < -0.3 is 5.11 Å². The van der Waals surface area contributed by atoms with E-state index in [-0.39, 0.29) is 5.92 Å². The molecule has 4 nitrogen and oxygen atoms in total. The Morgan fingerprint density at radius 1 is 1.30 bits per heavy atom. The van der Waals surface area contributed by atoms with Crippen molar-refractivity contribution in [3.8, 4) is 12.3 Å². The Balaban J connectivity index is 1.90. The average Bonchev–Trinajstić information content (AvgIpc) is 3.18. The molecule has 0 bridgehead atoms. The molecule has 1 heterocycles. The highest BCUT2D eigenvalue weighted by atomic mass is 16.4. The number of benzene rings is 1. The average molecular weight is 304 g/mol. The van der Waals surface area contributed by atoms with E-state index in [0.29, 0.717) is 6.42 Å². The van der Waals surface area contributed by atoms with Gasteiger partial charge >= 0.3 is 5.97 Å².